The van der Waals surface area contributed by atoms with Crippen LogP contribution in [0.15, 0.2) is 36.8 Å². The average molecular weight is 452 g/mol. The standard InChI is InChI=1S/C24H30FN7O/c1-30-9-11-31(12-10-30)24-28-14-21(25)23(29-24)32-15-19-18(20(19)16-32)6-8-27-22(33)5-4-17-3-2-7-26-13-17/h2-5,7,13-14,18-20H,6,8-12,15-16H2,1H3,(H,27,33)/b5-4+/t18-,19-,20+. The monoisotopic (exact) mass is 451 g/mol. The normalized spacial score (nSPS) is 24.8. The second-order valence-electron chi connectivity index (χ2n) is 9.23. The Kier molecular flexibility index (Phi) is 6.22. The number of hydrogen-bond acceptors (Lipinski definition) is 7. The number of nitrogens with zero attached hydrogens (tertiary/aromatic N) is 6. The Labute approximate surface area is 193 Å². The van der Waals surface area contributed by atoms with E-state index >= 15 is 0 Å². The maximum Gasteiger partial charge on any atom is 0.244 e. The molecule has 2 aliphatic heterocycles. The Morgan fingerprint density at radius 1 is 1.18 bits per heavy atom. The van der Waals surface area contributed by atoms with Crippen molar-refractivity contribution >= 4 is 23.7 Å². The van der Waals surface area contributed by atoms with Crippen molar-refractivity contribution in [2.45, 2.75) is 6.42 Å². The number of fused-ring (bicyclic) bond motifs is 1. The molecule has 1 aliphatic carbocycles. The maximum atomic E-state index is 14.5. The van der Waals surface area contributed by atoms with E-state index in [1.807, 2.05) is 12.1 Å². The molecule has 9 heteroatoms. The molecule has 5 rings (SSSR count). The highest BCUT2D eigenvalue weighted by Gasteiger charge is 2.55. The Hall–Kier alpha value is -3.07. The molecule has 1 saturated carbocycles. The van der Waals surface area contributed by atoms with Crippen molar-refractivity contribution in [3.8, 4) is 0 Å². The third kappa shape index (κ3) is 4.98. The fourth-order valence-electron chi connectivity index (χ4n) is 5.05. The van der Waals surface area contributed by atoms with Gasteiger partial charge < -0.3 is 20.0 Å². The Balaban J connectivity index is 1.08. The molecule has 0 spiro atoms. The largest absolute Gasteiger partial charge is 0.353 e. The number of pyridine rings is 1. The van der Waals surface area contributed by atoms with Gasteiger partial charge in [0, 0.05) is 64.3 Å². The van der Waals surface area contributed by atoms with Gasteiger partial charge in [0.05, 0.1) is 6.20 Å². The first-order chi connectivity index (χ1) is 16.1. The summed E-state index contributed by atoms with van der Waals surface area (Å²) in [6, 6.07) is 3.75. The molecule has 174 valence electrons. The lowest BCUT2D eigenvalue weighted by Gasteiger charge is -2.33. The number of amides is 1. The Bertz CT molecular complexity index is 997. The van der Waals surface area contributed by atoms with Gasteiger partial charge in [-0.3, -0.25) is 9.78 Å². The van der Waals surface area contributed by atoms with E-state index in [0.717, 1.165) is 51.3 Å². The molecule has 0 radical (unpaired) electrons. The number of likely N-dealkylation sites (N-methyl/N-ethyl adjacent to an activating group) is 1. The predicted molar refractivity (Wildman–Crippen MR) is 125 cm³/mol. The van der Waals surface area contributed by atoms with Gasteiger partial charge in [0.2, 0.25) is 11.9 Å². The lowest BCUT2D eigenvalue weighted by molar-refractivity contribution is -0.116. The van der Waals surface area contributed by atoms with E-state index in [0.29, 0.717) is 36.1 Å². The van der Waals surface area contributed by atoms with Crippen LogP contribution >= 0.6 is 0 Å². The van der Waals surface area contributed by atoms with Crippen molar-refractivity contribution in [2.24, 2.45) is 17.8 Å². The van der Waals surface area contributed by atoms with E-state index in [1.54, 1.807) is 24.5 Å². The molecule has 3 fully saturated rings. The van der Waals surface area contributed by atoms with Gasteiger partial charge in [-0.15, -0.1) is 0 Å². The fraction of sp³-hybridized carbons (Fsp3) is 0.500. The molecule has 2 aromatic rings. The van der Waals surface area contributed by atoms with Crippen LogP contribution in [0.1, 0.15) is 12.0 Å². The van der Waals surface area contributed by atoms with Gasteiger partial charge in [-0.25, -0.2) is 9.37 Å². The van der Waals surface area contributed by atoms with Crippen molar-refractivity contribution in [3.05, 3.63) is 48.2 Å². The zero-order valence-corrected chi connectivity index (χ0v) is 18.9. The Morgan fingerprint density at radius 3 is 2.70 bits per heavy atom. The van der Waals surface area contributed by atoms with Crippen molar-refractivity contribution in [1.29, 1.82) is 0 Å². The molecule has 33 heavy (non-hydrogen) atoms. The molecule has 0 bridgehead atoms. The van der Waals surface area contributed by atoms with Crippen LogP contribution < -0.4 is 15.1 Å². The number of halogens is 1. The lowest BCUT2D eigenvalue weighted by atomic mass is 10.2. The van der Waals surface area contributed by atoms with Gasteiger partial charge in [-0.2, -0.15) is 4.98 Å². The minimum Gasteiger partial charge on any atom is -0.353 e. The van der Waals surface area contributed by atoms with Gasteiger partial charge in [-0.05, 0) is 48.9 Å². The van der Waals surface area contributed by atoms with E-state index < -0.39 is 0 Å². The van der Waals surface area contributed by atoms with Crippen LogP contribution in [-0.4, -0.2) is 78.6 Å². The predicted octanol–water partition coefficient (Wildman–Crippen LogP) is 1.66. The number of carbonyl (C=O) groups excluding carboxylic acids is 1. The maximum absolute atomic E-state index is 14.5. The van der Waals surface area contributed by atoms with Crippen LogP contribution in [0.4, 0.5) is 16.2 Å². The molecule has 1 N–H and O–H groups in total. The number of nitrogens with one attached hydrogen (secondary N) is 1. The van der Waals surface area contributed by atoms with Crippen molar-refractivity contribution in [2.75, 3.05) is 62.7 Å². The van der Waals surface area contributed by atoms with Crippen LogP contribution in [0.5, 0.6) is 0 Å². The van der Waals surface area contributed by atoms with Crippen molar-refractivity contribution in [1.82, 2.24) is 25.2 Å². The van der Waals surface area contributed by atoms with Crippen LogP contribution in [0.3, 0.4) is 0 Å². The van der Waals surface area contributed by atoms with E-state index in [9.17, 15) is 9.18 Å². The lowest BCUT2D eigenvalue weighted by Crippen LogP contribution is -2.45. The quantitative estimate of drug-likeness (QED) is 0.642. The topological polar surface area (TPSA) is 77.5 Å². The van der Waals surface area contributed by atoms with E-state index in [4.69, 9.17) is 0 Å². The van der Waals surface area contributed by atoms with E-state index in [1.165, 1.54) is 6.20 Å². The summed E-state index contributed by atoms with van der Waals surface area (Å²) in [5, 5.41) is 2.96. The molecule has 3 atom stereocenters. The van der Waals surface area contributed by atoms with E-state index in [2.05, 4.69) is 42.0 Å². The number of hydrogen-bond donors (Lipinski definition) is 1. The van der Waals surface area contributed by atoms with Crippen LogP contribution in [0.25, 0.3) is 6.08 Å². The number of rotatable bonds is 7. The highest BCUT2D eigenvalue weighted by atomic mass is 19.1. The molecule has 1 amide bonds. The summed E-state index contributed by atoms with van der Waals surface area (Å²) in [6.45, 7) is 5.93. The first kappa shape index (κ1) is 21.8. The molecule has 0 aromatic carbocycles. The molecule has 2 aromatic heterocycles. The summed E-state index contributed by atoms with van der Waals surface area (Å²) in [5.74, 6) is 2.30. The number of aromatic nitrogens is 3. The zero-order chi connectivity index (χ0) is 22.8. The Morgan fingerprint density at radius 2 is 1.97 bits per heavy atom. The second kappa shape index (κ2) is 9.43. The average Bonchev–Trinajstić information content (AvgIpc) is 3.27. The van der Waals surface area contributed by atoms with Gasteiger partial charge in [0.15, 0.2) is 11.6 Å². The molecule has 2 saturated heterocycles. The smallest absolute Gasteiger partial charge is 0.244 e. The van der Waals surface area contributed by atoms with E-state index in [-0.39, 0.29) is 11.7 Å². The zero-order valence-electron chi connectivity index (χ0n) is 18.9. The van der Waals surface area contributed by atoms with Crippen LogP contribution in [0, 0.1) is 23.6 Å². The summed E-state index contributed by atoms with van der Waals surface area (Å²) in [4.78, 5) is 31.4. The third-order valence-electron chi connectivity index (χ3n) is 7.06. The third-order valence-corrected chi connectivity index (χ3v) is 7.06. The molecular formula is C24H30FN7O. The fourth-order valence-corrected chi connectivity index (χ4v) is 5.05. The summed E-state index contributed by atoms with van der Waals surface area (Å²) >= 11 is 0. The number of piperazine rings is 1. The van der Waals surface area contributed by atoms with Crippen molar-refractivity contribution in [3.63, 3.8) is 0 Å². The number of piperidine rings is 1. The van der Waals surface area contributed by atoms with Gasteiger partial charge in [0.25, 0.3) is 0 Å². The SMILES string of the molecule is CN1CCN(c2ncc(F)c(N3C[C@@H]4[C@@H](CCNC(=O)/C=C/c5cccnc5)[C@@H]4C3)n2)CC1. The summed E-state index contributed by atoms with van der Waals surface area (Å²) < 4.78 is 14.5. The summed E-state index contributed by atoms with van der Waals surface area (Å²) in [6.07, 6.45) is 8.99. The van der Waals surface area contributed by atoms with Crippen LogP contribution in [0.2, 0.25) is 0 Å². The molecule has 0 unspecified atom stereocenters. The molecular weight excluding hydrogens is 421 g/mol. The minimum absolute atomic E-state index is 0.0919. The first-order valence-corrected chi connectivity index (χ1v) is 11.7. The highest BCUT2D eigenvalue weighted by molar-refractivity contribution is 5.91. The minimum atomic E-state index is -0.349. The van der Waals surface area contributed by atoms with Gasteiger partial charge in [0.1, 0.15) is 0 Å². The van der Waals surface area contributed by atoms with Gasteiger partial charge >= 0.3 is 0 Å². The van der Waals surface area contributed by atoms with Crippen LogP contribution in [-0.2, 0) is 4.79 Å². The summed E-state index contributed by atoms with van der Waals surface area (Å²) in [7, 11) is 2.10. The number of anilines is 2. The highest BCUT2D eigenvalue weighted by Crippen LogP contribution is 2.54. The molecule has 8 nitrogen and oxygen atoms in total. The first-order valence-electron chi connectivity index (χ1n) is 11.7. The number of carbonyl (C=O) groups is 1. The van der Waals surface area contributed by atoms with Crippen molar-refractivity contribution < 1.29 is 9.18 Å². The molecule has 4 heterocycles. The van der Waals surface area contributed by atoms with Gasteiger partial charge in [-0.1, -0.05) is 6.07 Å². The second-order valence-corrected chi connectivity index (χ2v) is 9.23. The molecule has 3 aliphatic rings. The summed E-state index contributed by atoms with van der Waals surface area (Å²) in [5.41, 5.74) is 0.900.